The highest BCUT2D eigenvalue weighted by molar-refractivity contribution is 7.99. The first-order chi connectivity index (χ1) is 15.9. The molecular formula is C25H22ClN3O3S. The number of nitrogens with one attached hydrogen (secondary N) is 1. The molecule has 6 nitrogen and oxygen atoms in total. The van der Waals surface area contributed by atoms with Gasteiger partial charge >= 0.3 is 0 Å². The number of aromatic nitrogens is 2. The molecule has 4 rings (SSSR count). The Morgan fingerprint density at radius 3 is 2.55 bits per heavy atom. The number of carbonyl (C=O) groups is 1. The topological polar surface area (TPSA) is 73.2 Å². The first-order valence-electron chi connectivity index (χ1n) is 10.2. The summed E-state index contributed by atoms with van der Waals surface area (Å²) in [6.45, 7) is 3.85. The first kappa shape index (κ1) is 22.9. The summed E-state index contributed by atoms with van der Waals surface area (Å²) in [5.74, 6) is 0.502. The number of methoxy groups -OCH3 is 1. The minimum Gasteiger partial charge on any atom is -0.497 e. The maximum atomic E-state index is 13.3. The Kier molecular flexibility index (Phi) is 6.72. The molecule has 0 aliphatic carbocycles. The van der Waals surface area contributed by atoms with Gasteiger partial charge in [0.2, 0.25) is 5.91 Å². The molecule has 8 heteroatoms. The molecule has 0 bridgehead atoms. The number of para-hydroxylation sites is 1. The third-order valence-electron chi connectivity index (χ3n) is 5.10. The van der Waals surface area contributed by atoms with Crippen molar-refractivity contribution in [3.05, 3.63) is 87.2 Å². The fraction of sp³-hybridized carbons (Fsp3) is 0.160. The van der Waals surface area contributed by atoms with Crippen LogP contribution in [-0.4, -0.2) is 28.3 Å². The molecule has 3 aromatic carbocycles. The maximum Gasteiger partial charge on any atom is 0.266 e. The number of nitrogens with zero attached hydrogens (tertiary/aromatic N) is 2. The summed E-state index contributed by atoms with van der Waals surface area (Å²) in [5, 5.41) is 4.30. The van der Waals surface area contributed by atoms with Crippen LogP contribution in [-0.2, 0) is 4.79 Å². The van der Waals surface area contributed by atoms with Gasteiger partial charge in [-0.2, -0.15) is 0 Å². The summed E-state index contributed by atoms with van der Waals surface area (Å²) in [7, 11) is 1.58. The Morgan fingerprint density at radius 2 is 1.85 bits per heavy atom. The standard InChI is InChI=1S/C25H22ClN3O3S/c1-15-12-16(2)23(20(26)13-15)28-22(30)14-33-25-27-21-7-5-4-6-19(21)24(31)29(25)17-8-10-18(32-3)11-9-17/h4-13H,14H2,1-3H3,(H,28,30). The van der Waals surface area contributed by atoms with E-state index in [4.69, 9.17) is 16.3 Å². The average Bonchev–Trinajstić information content (AvgIpc) is 2.80. The third-order valence-corrected chi connectivity index (χ3v) is 6.34. The molecule has 0 spiro atoms. The van der Waals surface area contributed by atoms with Crippen molar-refractivity contribution in [2.45, 2.75) is 19.0 Å². The summed E-state index contributed by atoms with van der Waals surface area (Å²) in [6, 6.07) is 18.1. The van der Waals surface area contributed by atoms with Crippen molar-refractivity contribution in [1.29, 1.82) is 0 Å². The van der Waals surface area contributed by atoms with Crippen LogP contribution in [0, 0.1) is 13.8 Å². The zero-order valence-electron chi connectivity index (χ0n) is 18.4. The second kappa shape index (κ2) is 9.68. The lowest BCUT2D eigenvalue weighted by Crippen LogP contribution is -2.23. The zero-order valence-corrected chi connectivity index (χ0v) is 20.0. The van der Waals surface area contributed by atoms with Gasteiger partial charge in [0, 0.05) is 0 Å². The molecule has 1 amide bonds. The van der Waals surface area contributed by atoms with E-state index in [2.05, 4.69) is 10.3 Å². The van der Waals surface area contributed by atoms with Gasteiger partial charge in [0.1, 0.15) is 5.75 Å². The van der Waals surface area contributed by atoms with Crippen molar-refractivity contribution < 1.29 is 9.53 Å². The van der Waals surface area contributed by atoms with E-state index >= 15 is 0 Å². The van der Waals surface area contributed by atoms with E-state index < -0.39 is 0 Å². The van der Waals surface area contributed by atoms with Gasteiger partial charge in [-0.15, -0.1) is 0 Å². The largest absolute Gasteiger partial charge is 0.497 e. The van der Waals surface area contributed by atoms with E-state index in [-0.39, 0.29) is 17.2 Å². The molecule has 4 aromatic rings. The maximum absolute atomic E-state index is 13.3. The van der Waals surface area contributed by atoms with Gasteiger partial charge in [0.05, 0.1) is 40.2 Å². The van der Waals surface area contributed by atoms with Gasteiger partial charge in [0.25, 0.3) is 5.56 Å². The number of ether oxygens (including phenoxy) is 1. The van der Waals surface area contributed by atoms with E-state index in [0.29, 0.717) is 38.2 Å². The Hall–Kier alpha value is -3.29. The number of halogens is 1. The minimum atomic E-state index is -0.238. The predicted octanol–water partition coefficient (Wildman–Crippen LogP) is 5.40. The number of hydrogen-bond acceptors (Lipinski definition) is 5. The number of hydrogen-bond donors (Lipinski definition) is 1. The van der Waals surface area contributed by atoms with Crippen LogP contribution in [0.1, 0.15) is 11.1 Å². The molecule has 33 heavy (non-hydrogen) atoms. The van der Waals surface area contributed by atoms with Crippen LogP contribution in [0.25, 0.3) is 16.6 Å². The predicted molar refractivity (Wildman–Crippen MR) is 134 cm³/mol. The van der Waals surface area contributed by atoms with Gasteiger partial charge in [-0.1, -0.05) is 41.6 Å². The lowest BCUT2D eigenvalue weighted by atomic mass is 10.1. The van der Waals surface area contributed by atoms with Crippen molar-refractivity contribution in [1.82, 2.24) is 9.55 Å². The Bertz CT molecular complexity index is 1380. The number of amides is 1. The van der Waals surface area contributed by atoms with Crippen molar-refractivity contribution >= 4 is 45.9 Å². The molecular weight excluding hydrogens is 458 g/mol. The Labute approximate surface area is 200 Å². The van der Waals surface area contributed by atoms with Crippen molar-refractivity contribution in [2.24, 2.45) is 0 Å². The fourth-order valence-corrected chi connectivity index (χ4v) is 4.73. The quantitative estimate of drug-likeness (QED) is 0.296. The van der Waals surface area contributed by atoms with Crippen LogP contribution in [0.3, 0.4) is 0 Å². The van der Waals surface area contributed by atoms with E-state index in [1.807, 2.05) is 32.0 Å². The molecule has 1 aromatic heterocycles. The SMILES string of the molecule is COc1ccc(-n2c(SCC(=O)Nc3c(C)cc(C)cc3Cl)nc3ccccc3c2=O)cc1. The molecule has 168 valence electrons. The van der Waals surface area contributed by atoms with Gasteiger partial charge < -0.3 is 10.1 Å². The Balaban J connectivity index is 1.67. The van der Waals surface area contributed by atoms with Gasteiger partial charge in [-0.05, 0) is 67.4 Å². The summed E-state index contributed by atoms with van der Waals surface area (Å²) in [6.07, 6.45) is 0. The number of benzene rings is 3. The van der Waals surface area contributed by atoms with Gasteiger partial charge in [-0.25, -0.2) is 4.98 Å². The number of fused-ring (bicyclic) bond motifs is 1. The molecule has 0 aliphatic heterocycles. The second-order valence-electron chi connectivity index (χ2n) is 7.53. The number of carbonyl (C=O) groups excluding carboxylic acids is 1. The molecule has 1 heterocycles. The molecule has 0 unspecified atom stereocenters. The van der Waals surface area contributed by atoms with Gasteiger partial charge in [-0.3, -0.25) is 14.2 Å². The second-order valence-corrected chi connectivity index (χ2v) is 8.88. The normalized spacial score (nSPS) is 10.9. The highest BCUT2D eigenvalue weighted by Gasteiger charge is 2.16. The lowest BCUT2D eigenvalue weighted by Gasteiger charge is -2.14. The van der Waals surface area contributed by atoms with Crippen LogP contribution < -0.4 is 15.6 Å². The number of thioether (sulfide) groups is 1. The fourth-order valence-electron chi connectivity index (χ4n) is 3.55. The Morgan fingerprint density at radius 1 is 1.12 bits per heavy atom. The first-order valence-corrected chi connectivity index (χ1v) is 11.6. The molecule has 0 fully saturated rings. The van der Waals surface area contributed by atoms with Crippen LogP contribution in [0.15, 0.2) is 70.6 Å². The molecule has 0 radical (unpaired) electrons. The van der Waals surface area contributed by atoms with E-state index in [1.54, 1.807) is 49.6 Å². The third kappa shape index (κ3) is 4.89. The number of anilines is 1. The monoisotopic (exact) mass is 479 g/mol. The summed E-state index contributed by atoms with van der Waals surface area (Å²) in [5.41, 5.74) is 3.51. The van der Waals surface area contributed by atoms with Crippen LogP contribution in [0.5, 0.6) is 5.75 Å². The average molecular weight is 480 g/mol. The highest BCUT2D eigenvalue weighted by atomic mass is 35.5. The molecule has 0 saturated heterocycles. The molecule has 1 N–H and O–H groups in total. The van der Waals surface area contributed by atoms with Crippen LogP contribution in [0.4, 0.5) is 5.69 Å². The van der Waals surface area contributed by atoms with Crippen molar-refractivity contribution in [3.63, 3.8) is 0 Å². The van der Waals surface area contributed by atoms with Crippen LogP contribution >= 0.6 is 23.4 Å². The smallest absolute Gasteiger partial charge is 0.266 e. The molecule has 0 aliphatic rings. The van der Waals surface area contributed by atoms with E-state index in [0.717, 1.165) is 11.1 Å². The highest BCUT2D eigenvalue weighted by Crippen LogP contribution is 2.28. The van der Waals surface area contributed by atoms with E-state index in [1.165, 1.54) is 16.3 Å². The lowest BCUT2D eigenvalue weighted by molar-refractivity contribution is -0.113. The summed E-state index contributed by atoms with van der Waals surface area (Å²) >= 11 is 7.51. The molecule has 0 saturated carbocycles. The molecule has 0 atom stereocenters. The van der Waals surface area contributed by atoms with Crippen molar-refractivity contribution in [3.8, 4) is 11.4 Å². The summed E-state index contributed by atoms with van der Waals surface area (Å²) < 4.78 is 6.74. The van der Waals surface area contributed by atoms with Gasteiger partial charge in [0.15, 0.2) is 5.16 Å². The summed E-state index contributed by atoms with van der Waals surface area (Å²) in [4.78, 5) is 30.7. The zero-order chi connectivity index (χ0) is 23.5. The minimum absolute atomic E-state index is 0.0601. The number of rotatable bonds is 6. The van der Waals surface area contributed by atoms with E-state index in [9.17, 15) is 9.59 Å². The van der Waals surface area contributed by atoms with Crippen LogP contribution in [0.2, 0.25) is 5.02 Å². The van der Waals surface area contributed by atoms with Crippen molar-refractivity contribution in [2.75, 3.05) is 18.2 Å². The number of aryl methyl sites for hydroxylation is 2.